The van der Waals surface area contributed by atoms with E-state index in [9.17, 15) is 18.0 Å². The van der Waals surface area contributed by atoms with E-state index in [2.05, 4.69) is 4.74 Å². The molecule has 1 heterocycles. The van der Waals surface area contributed by atoms with Gasteiger partial charge in [0, 0.05) is 13.1 Å². The molecule has 1 fully saturated rings. The third kappa shape index (κ3) is 6.56. The molecule has 1 amide bonds. The fraction of sp³-hybridized carbons (Fsp3) is 0.381. The van der Waals surface area contributed by atoms with Crippen molar-refractivity contribution >= 4 is 5.91 Å². The Morgan fingerprint density at radius 2 is 1.71 bits per heavy atom. The van der Waals surface area contributed by atoms with E-state index in [0.717, 1.165) is 5.56 Å². The minimum atomic E-state index is -4.72. The lowest BCUT2D eigenvalue weighted by atomic mass is 10.1. The average Bonchev–Trinajstić information content (AvgIpc) is 2.86. The van der Waals surface area contributed by atoms with E-state index in [0.29, 0.717) is 25.1 Å². The molecule has 1 aliphatic rings. The van der Waals surface area contributed by atoms with Gasteiger partial charge in [0.15, 0.2) is 0 Å². The van der Waals surface area contributed by atoms with Crippen molar-refractivity contribution in [1.82, 2.24) is 4.90 Å². The summed E-state index contributed by atoms with van der Waals surface area (Å²) in [7, 11) is 0. The predicted octanol–water partition coefficient (Wildman–Crippen LogP) is 5.10. The molecule has 2 aromatic rings. The van der Waals surface area contributed by atoms with Gasteiger partial charge in [0.25, 0.3) is 0 Å². The lowest BCUT2D eigenvalue weighted by molar-refractivity contribution is -0.274. The molecule has 0 bridgehead atoms. The predicted molar refractivity (Wildman–Crippen MR) is 99.6 cm³/mol. The number of halogens is 3. The molecule has 0 aromatic heterocycles. The summed E-state index contributed by atoms with van der Waals surface area (Å²) in [6.07, 6.45) is -4.50. The molecule has 28 heavy (non-hydrogen) atoms. The molecule has 1 unspecified atom stereocenters. The first-order valence-corrected chi connectivity index (χ1v) is 9.20. The minimum Gasteiger partial charge on any atom is -0.406 e. The second-order valence-corrected chi connectivity index (χ2v) is 6.01. The van der Waals surface area contributed by atoms with Crippen LogP contribution in [0.4, 0.5) is 13.2 Å². The molecule has 2 aromatic carbocycles. The van der Waals surface area contributed by atoms with Gasteiger partial charge in [-0.2, -0.15) is 0 Å². The first-order chi connectivity index (χ1) is 13.4. The topological polar surface area (TPSA) is 38.8 Å². The summed E-state index contributed by atoms with van der Waals surface area (Å²) in [6.45, 7) is 4.96. The molecular weight excluding hydrogens is 371 g/mol. The summed E-state index contributed by atoms with van der Waals surface area (Å²) < 4.78 is 46.2. The fourth-order valence-corrected chi connectivity index (χ4v) is 2.86. The molecule has 0 radical (unpaired) electrons. The summed E-state index contributed by atoms with van der Waals surface area (Å²) >= 11 is 0. The molecule has 4 nitrogen and oxygen atoms in total. The number of ether oxygens (including phenoxy) is 2. The van der Waals surface area contributed by atoms with Crippen LogP contribution in [0.15, 0.2) is 54.6 Å². The number of carbonyl (C=O) groups excluding carboxylic acids is 1. The molecule has 3 rings (SSSR count). The normalized spacial score (nSPS) is 17.4. The lowest BCUT2D eigenvalue weighted by Crippen LogP contribution is -2.31. The van der Waals surface area contributed by atoms with Gasteiger partial charge >= 0.3 is 6.36 Å². The van der Waals surface area contributed by atoms with E-state index in [4.69, 9.17) is 4.74 Å². The van der Waals surface area contributed by atoms with Gasteiger partial charge in [0.2, 0.25) is 5.91 Å². The van der Waals surface area contributed by atoms with E-state index in [1.807, 2.05) is 44.2 Å². The average molecular weight is 395 g/mol. The van der Waals surface area contributed by atoms with Crippen molar-refractivity contribution in [1.29, 1.82) is 0 Å². The SMILES string of the molecule is CC.O=C1COC(c2ccc(OC(F)(F)F)cc2)CCN1Cc1ccccc1. The largest absolute Gasteiger partial charge is 0.573 e. The van der Waals surface area contributed by atoms with Crippen LogP contribution in [-0.4, -0.2) is 30.3 Å². The smallest absolute Gasteiger partial charge is 0.406 e. The number of amides is 1. The van der Waals surface area contributed by atoms with Crippen LogP contribution in [0, 0.1) is 0 Å². The Labute approximate surface area is 162 Å². The van der Waals surface area contributed by atoms with E-state index in [-0.39, 0.29) is 24.4 Å². The molecule has 152 valence electrons. The van der Waals surface area contributed by atoms with Crippen LogP contribution in [0.1, 0.15) is 37.5 Å². The molecule has 0 saturated carbocycles. The standard InChI is InChI=1S/C19H18F3NO3.C2H6/c20-19(21,22)26-16-8-6-15(7-9-16)17-10-11-23(18(24)13-25-17)12-14-4-2-1-3-5-14;1-2/h1-9,17H,10-13H2;1-2H3. The number of carbonyl (C=O) groups is 1. The molecule has 0 aliphatic carbocycles. The third-order valence-electron chi connectivity index (χ3n) is 4.12. The van der Waals surface area contributed by atoms with Gasteiger partial charge in [-0.3, -0.25) is 4.79 Å². The highest BCUT2D eigenvalue weighted by Gasteiger charge is 2.31. The fourth-order valence-electron chi connectivity index (χ4n) is 2.86. The maximum atomic E-state index is 12.3. The van der Waals surface area contributed by atoms with Crippen LogP contribution in [0.2, 0.25) is 0 Å². The number of alkyl halides is 3. The van der Waals surface area contributed by atoms with Crippen molar-refractivity contribution in [2.45, 2.75) is 39.3 Å². The van der Waals surface area contributed by atoms with Gasteiger partial charge in [0.1, 0.15) is 12.4 Å². The van der Waals surface area contributed by atoms with E-state index < -0.39 is 6.36 Å². The maximum Gasteiger partial charge on any atom is 0.573 e. The van der Waals surface area contributed by atoms with Gasteiger partial charge in [-0.1, -0.05) is 56.3 Å². The van der Waals surface area contributed by atoms with Gasteiger partial charge in [-0.25, -0.2) is 0 Å². The van der Waals surface area contributed by atoms with Gasteiger partial charge in [-0.05, 0) is 29.7 Å². The van der Waals surface area contributed by atoms with Gasteiger partial charge in [-0.15, -0.1) is 13.2 Å². The van der Waals surface area contributed by atoms with E-state index in [1.165, 1.54) is 24.3 Å². The van der Waals surface area contributed by atoms with Crippen molar-refractivity contribution < 1.29 is 27.4 Å². The van der Waals surface area contributed by atoms with Crippen LogP contribution in [0.3, 0.4) is 0 Å². The Kier molecular flexibility index (Phi) is 7.87. The maximum absolute atomic E-state index is 12.3. The Morgan fingerprint density at radius 3 is 2.32 bits per heavy atom. The van der Waals surface area contributed by atoms with Gasteiger partial charge in [0.05, 0.1) is 6.10 Å². The quantitative estimate of drug-likeness (QED) is 0.723. The van der Waals surface area contributed by atoms with Gasteiger partial charge < -0.3 is 14.4 Å². The molecule has 0 N–H and O–H groups in total. The van der Waals surface area contributed by atoms with Crippen LogP contribution in [0.5, 0.6) is 5.75 Å². The van der Waals surface area contributed by atoms with Crippen molar-refractivity contribution in [3.63, 3.8) is 0 Å². The number of hydrogen-bond acceptors (Lipinski definition) is 3. The van der Waals surface area contributed by atoms with Crippen molar-refractivity contribution in [3.8, 4) is 5.75 Å². The monoisotopic (exact) mass is 395 g/mol. The number of rotatable bonds is 4. The molecule has 0 spiro atoms. The zero-order valence-corrected chi connectivity index (χ0v) is 15.9. The van der Waals surface area contributed by atoms with Crippen LogP contribution >= 0.6 is 0 Å². The first-order valence-electron chi connectivity index (χ1n) is 9.20. The lowest BCUT2D eigenvalue weighted by Gasteiger charge is -2.20. The molecule has 1 atom stereocenters. The van der Waals surface area contributed by atoms with Crippen molar-refractivity contribution in [3.05, 3.63) is 65.7 Å². The number of hydrogen-bond donors (Lipinski definition) is 0. The van der Waals surface area contributed by atoms with Crippen LogP contribution < -0.4 is 4.74 Å². The van der Waals surface area contributed by atoms with Crippen LogP contribution in [0.25, 0.3) is 0 Å². The minimum absolute atomic E-state index is 0.0572. The highest BCUT2D eigenvalue weighted by molar-refractivity contribution is 5.77. The zero-order chi connectivity index (χ0) is 20.6. The van der Waals surface area contributed by atoms with Crippen LogP contribution in [-0.2, 0) is 16.1 Å². The van der Waals surface area contributed by atoms with E-state index in [1.54, 1.807) is 4.90 Å². The Hall–Kier alpha value is -2.54. The zero-order valence-electron chi connectivity index (χ0n) is 15.9. The van der Waals surface area contributed by atoms with Crippen molar-refractivity contribution in [2.24, 2.45) is 0 Å². The summed E-state index contributed by atoms with van der Waals surface area (Å²) in [5, 5.41) is 0. The second-order valence-electron chi connectivity index (χ2n) is 6.01. The van der Waals surface area contributed by atoms with Crippen molar-refractivity contribution in [2.75, 3.05) is 13.2 Å². The molecule has 1 saturated heterocycles. The second kappa shape index (κ2) is 10.1. The van der Waals surface area contributed by atoms with E-state index >= 15 is 0 Å². The Bertz CT molecular complexity index is 733. The highest BCUT2D eigenvalue weighted by atomic mass is 19.4. The molecule has 7 heteroatoms. The summed E-state index contributed by atoms with van der Waals surface area (Å²) in [4.78, 5) is 14.0. The summed E-state index contributed by atoms with van der Waals surface area (Å²) in [5.74, 6) is -0.384. The number of nitrogens with zero attached hydrogens (tertiary/aromatic N) is 1. The third-order valence-corrected chi connectivity index (χ3v) is 4.12. The Balaban J connectivity index is 0.00000136. The number of benzene rings is 2. The molecular formula is C21H24F3NO3. The first kappa shape index (κ1) is 21.8. The Morgan fingerprint density at radius 1 is 1.07 bits per heavy atom. The molecule has 1 aliphatic heterocycles. The summed E-state index contributed by atoms with van der Waals surface area (Å²) in [6, 6.07) is 15.2. The highest BCUT2D eigenvalue weighted by Crippen LogP contribution is 2.28. The summed E-state index contributed by atoms with van der Waals surface area (Å²) in [5.41, 5.74) is 1.75.